The standard InChI is InChI=1S/C39H34N4O2Si2.Pt/c1-46(2,3)27-15-16-31(41-24-27)28-22-26(44-35-21-25(30-11-9-10-19-40-30)14-17-36(35)47(4,5)6)23-29-37-34(45-38(28)29)18-20-43-33-13-8-7-12-32(33)42-39(37)43;/h7-20,23-24H,1-6H3;/q-2;+2. The number of benzene rings is 3. The minimum absolute atomic E-state index is 0. The fourth-order valence-corrected chi connectivity index (χ4v) is 8.55. The van der Waals surface area contributed by atoms with Crippen molar-refractivity contribution >= 4 is 65.1 Å². The minimum Gasteiger partial charge on any atom is -0.500 e. The topological polar surface area (TPSA) is 65.5 Å². The average molecular weight is 842 g/mol. The molecule has 9 heteroatoms. The van der Waals surface area contributed by atoms with Gasteiger partial charge < -0.3 is 19.1 Å². The second-order valence-electron chi connectivity index (χ2n) is 14.1. The largest absolute Gasteiger partial charge is 2.00 e. The smallest absolute Gasteiger partial charge is 0.500 e. The Morgan fingerprint density at radius 1 is 0.792 bits per heavy atom. The molecule has 6 nitrogen and oxygen atoms in total. The Balaban J connectivity index is 0.00000364. The molecule has 0 aliphatic rings. The van der Waals surface area contributed by atoms with Gasteiger partial charge in [0.05, 0.1) is 30.1 Å². The molecular formula is C39H34N4O2PtSi2. The van der Waals surface area contributed by atoms with E-state index in [9.17, 15) is 0 Å². The maximum Gasteiger partial charge on any atom is 2.00 e. The zero-order valence-corrected chi connectivity index (χ0v) is 31.9. The maximum atomic E-state index is 6.84. The molecule has 0 saturated carbocycles. The van der Waals surface area contributed by atoms with Crippen LogP contribution < -0.4 is 15.1 Å². The molecule has 0 aliphatic heterocycles. The first-order valence-electron chi connectivity index (χ1n) is 15.9. The number of furan rings is 1. The van der Waals surface area contributed by atoms with Crippen LogP contribution in [-0.4, -0.2) is 35.5 Å². The Morgan fingerprint density at radius 3 is 2.33 bits per heavy atom. The SMILES string of the molecule is C[Si](C)(C)c1ccc(-c2[c-]c(Oc3[c-]c(-c4ccccn4)ccc3[Si](C)(C)C)cc3c2oc2ccn4c5ccccc5nc4c23)nc1.[Pt+2]. The van der Waals surface area contributed by atoms with Gasteiger partial charge in [-0.15, -0.1) is 17.7 Å². The Bertz CT molecular complexity index is 2460. The summed E-state index contributed by atoms with van der Waals surface area (Å²) in [6.07, 6.45) is 5.83. The molecule has 240 valence electrons. The van der Waals surface area contributed by atoms with Gasteiger partial charge in [-0.05, 0) is 46.2 Å². The average Bonchev–Trinajstić information content (AvgIpc) is 3.62. The normalized spacial score (nSPS) is 12.2. The van der Waals surface area contributed by atoms with E-state index in [2.05, 4.69) is 91.1 Å². The molecule has 8 rings (SSSR count). The molecule has 0 atom stereocenters. The number of ether oxygens (including phenoxy) is 1. The van der Waals surface area contributed by atoms with E-state index in [1.54, 1.807) is 6.20 Å². The van der Waals surface area contributed by atoms with Crippen LogP contribution in [0.2, 0.25) is 39.3 Å². The van der Waals surface area contributed by atoms with Gasteiger partial charge in [0, 0.05) is 38.2 Å². The van der Waals surface area contributed by atoms with Crippen LogP contribution in [0.4, 0.5) is 0 Å². The molecule has 0 aliphatic carbocycles. The zero-order chi connectivity index (χ0) is 32.5. The van der Waals surface area contributed by atoms with Crippen molar-refractivity contribution in [2.75, 3.05) is 0 Å². The van der Waals surface area contributed by atoms with E-state index in [-0.39, 0.29) is 21.1 Å². The van der Waals surface area contributed by atoms with Crippen molar-refractivity contribution in [2.45, 2.75) is 39.3 Å². The third-order valence-electron chi connectivity index (χ3n) is 8.67. The third kappa shape index (κ3) is 5.62. The summed E-state index contributed by atoms with van der Waals surface area (Å²) < 4.78 is 15.6. The second kappa shape index (κ2) is 12.0. The molecule has 0 unspecified atom stereocenters. The van der Waals surface area contributed by atoms with Crippen LogP contribution >= 0.6 is 0 Å². The number of pyridine rings is 3. The monoisotopic (exact) mass is 841 g/mol. The number of nitrogens with zero attached hydrogens (tertiary/aromatic N) is 4. The van der Waals surface area contributed by atoms with Gasteiger partial charge in [-0.3, -0.25) is 4.40 Å². The summed E-state index contributed by atoms with van der Waals surface area (Å²) in [5, 5.41) is 4.29. The van der Waals surface area contributed by atoms with Crippen molar-refractivity contribution in [1.29, 1.82) is 0 Å². The number of fused-ring (bicyclic) bond motifs is 7. The quantitative estimate of drug-likeness (QED) is 0.124. The van der Waals surface area contributed by atoms with Crippen LogP contribution in [0.1, 0.15) is 0 Å². The third-order valence-corrected chi connectivity index (χ3v) is 12.7. The molecule has 0 bridgehead atoms. The molecule has 0 amide bonds. The summed E-state index contributed by atoms with van der Waals surface area (Å²) in [5.41, 5.74) is 7.52. The first-order chi connectivity index (χ1) is 22.5. The Morgan fingerprint density at radius 2 is 1.60 bits per heavy atom. The predicted molar refractivity (Wildman–Crippen MR) is 197 cm³/mol. The summed E-state index contributed by atoms with van der Waals surface area (Å²) in [7, 11) is -3.37. The van der Waals surface area contributed by atoms with Crippen LogP contribution in [0.5, 0.6) is 11.5 Å². The van der Waals surface area contributed by atoms with E-state index < -0.39 is 16.1 Å². The molecule has 0 saturated heterocycles. The molecule has 0 radical (unpaired) electrons. The van der Waals surface area contributed by atoms with Gasteiger partial charge in [0.2, 0.25) is 0 Å². The summed E-state index contributed by atoms with van der Waals surface area (Å²) in [5.74, 6) is 1.26. The Labute approximate surface area is 296 Å². The van der Waals surface area contributed by atoms with Crippen molar-refractivity contribution in [3.05, 3.63) is 110 Å². The van der Waals surface area contributed by atoms with E-state index in [4.69, 9.17) is 19.1 Å². The van der Waals surface area contributed by atoms with Crippen LogP contribution in [0.3, 0.4) is 0 Å². The first-order valence-corrected chi connectivity index (χ1v) is 22.9. The maximum absolute atomic E-state index is 6.84. The molecule has 0 spiro atoms. The minimum atomic E-state index is -1.83. The van der Waals surface area contributed by atoms with Gasteiger partial charge >= 0.3 is 21.1 Å². The molecule has 0 fully saturated rings. The van der Waals surface area contributed by atoms with Crippen LogP contribution in [-0.2, 0) is 21.1 Å². The van der Waals surface area contributed by atoms with Crippen molar-refractivity contribution < 1.29 is 30.2 Å². The number of hydrogen-bond acceptors (Lipinski definition) is 5. The summed E-state index contributed by atoms with van der Waals surface area (Å²) in [6, 6.07) is 33.8. The zero-order valence-electron chi connectivity index (χ0n) is 27.7. The first kappa shape index (κ1) is 32.2. The molecule has 48 heavy (non-hydrogen) atoms. The molecular weight excluding hydrogens is 808 g/mol. The van der Waals surface area contributed by atoms with Crippen molar-refractivity contribution in [3.8, 4) is 34.0 Å². The van der Waals surface area contributed by atoms with Crippen molar-refractivity contribution in [1.82, 2.24) is 19.4 Å². The van der Waals surface area contributed by atoms with Crippen LogP contribution in [0.25, 0.3) is 61.1 Å². The Hall–Kier alpha value is -4.37. The van der Waals surface area contributed by atoms with Crippen molar-refractivity contribution in [3.63, 3.8) is 0 Å². The number of imidazole rings is 1. The van der Waals surface area contributed by atoms with Crippen molar-refractivity contribution in [2.24, 2.45) is 0 Å². The van der Waals surface area contributed by atoms with E-state index in [0.717, 1.165) is 55.6 Å². The molecule has 8 aromatic rings. The molecule has 5 aromatic heterocycles. The fourth-order valence-electron chi connectivity index (χ4n) is 6.14. The van der Waals surface area contributed by atoms with Gasteiger partial charge in [0.25, 0.3) is 0 Å². The number of rotatable bonds is 6. The summed E-state index contributed by atoms with van der Waals surface area (Å²) >= 11 is 0. The van der Waals surface area contributed by atoms with E-state index >= 15 is 0 Å². The summed E-state index contributed by atoms with van der Waals surface area (Å²) in [4.78, 5) is 14.6. The molecule has 3 aromatic carbocycles. The fraction of sp³-hybridized carbons (Fsp3) is 0.154. The van der Waals surface area contributed by atoms with Gasteiger partial charge in [-0.2, -0.15) is 0 Å². The van der Waals surface area contributed by atoms with E-state index in [0.29, 0.717) is 17.1 Å². The van der Waals surface area contributed by atoms with Crippen LogP contribution in [0, 0.1) is 12.1 Å². The molecule has 5 heterocycles. The van der Waals surface area contributed by atoms with Gasteiger partial charge in [-0.1, -0.05) is 105 Å². The number of para-hydroxylation sites is 2. The Kier molecular flexibility index (Phi) is 8.02. The van der Waals surface area contributed by atoms with E-state index in [1.165, 1.54) is 10.4 Å². The predicted octanol–water partition coefficient (Wildman–Crippen LogP) is 8.99. The summed E-state index contributed by atoms with van der Waals surface area (Å²) in [6.45, 7) is 13.9. The molecule has 0 N–H and O–H groups in total. The van der Waals surface area contributed by atoms with Gasteiger partial charge in [-0.25, -0.2) is 4.98 Å². The number of aromatic nitrogens is 4. The van der Waals surface area contributed by atoms with Gasteiger partial charge in [0.15, 0.2) is 0 Å². The van der Waals surface area contributed by atoms with E-state index in [1.807, 2.05) is 60.9 Å². The number of hydrogen-bond donors (Lipinski definition) is 0. The van der Waals surface area contributed by atoms with Gasteiger partial charge in [0.1, 0.15) is 11.2 Å². The van der Waals surface area contributed by atoms with Crippen LogP contribution in [0.15, 0.2) is 102 Å². The second-order valence-corrected chi connectivity index (χ2v) is 24.2.